The molecule has 47 heavy (non-hydrogen) atoms. The van der Waals surface area contributed by atoms with Gasteiger partial charge in [0.1, 0.15) is 0 Å². The summed E-state index contributed by atoms with van der Waals surface area (Å²) in [5.74, 6) is -3.17. The first-order valence-corrected chi connectivity index (χ1v) is 16.4. The molecule has 1 saturated carbocycles. The van der Waals surface area contributed by atoms with Crippen LogP contribution in [0.2, 0.25) is 10.0 Å². The monoisotopic (exact) mass is 653 g/mol. The molecule has 2 fully saturated rings. The van der Waals surface area contributed by atoms with Gasteiger partial charge in [-0.15, -0.1) is 0 Å². The lowest BCUT2D eigenvalue weighted by atomic mass is 9.59. The van der Waals surface area contributed by atoms with E-state index < -0.39 is 34.5 Å². The van der Waals surface area contributed by atoms with Gasteiger partial charge >= 0.3 is 0 Å². The highest BCUT2D eigenvalue weighted by Crippen LogP contribution is 2.74. The third-order valence-electron chi connectivity index (χ3n) is 10.3. The number of anilines is 1. The summed E-state index contributed by atoms with van der Waals surface area (Å²) >= 11 is 13.1. The summed E-state index contributed by atoms with van der Waals surface area (Å²) in [6, 6.07) is 40.1. The molecule has 3 aliphatic rings. The lowest BCUT2D eigenvalue weighted by molar-refractivity contribution is -0.130. The number of carbonyl (C=O) groups is 3. The molecule has 4 atom stereocenters. The Morgan fingerprint density at radius 1 is 0.532 bits per heavy atom. The van der Waals surface area contributed by atoms with Crippen LogP contribution in [0.1, 0.15) is 33.4 Å². The largest absolute Gasteiger partial charge is 0.297 e. The van der Waals surface area contributed by atoms with Gasteiger partial charge in [0.15, 0.2) is 5.78 Å². The Labute approximate surface area is 283 Å². The highest BCUT2D eigenvalue weighted by atomic mass is 35.5. The topological polar surface area (TPSA) is 54.5 Å². The van der Waals surface area contributed by atoms with Crippen LogP contribution in [0, 0.1) is 25.7 Å². The molecule has 5 aromatic carbocycles. The Morgan fingerprint density at radius 2 is 0.957 bits per heavy atom. The van der Waals surface area contributed by atoms with Gasteiger partial charge in [-0.25, -0.2) is 4.90 Å². The predicted octanol–water partition coefficient (Wildman–Crippen LogP) is 8.80. The molecule has 4 nitrogen and oxygen atoms in total. The average Bonchev–Trinajstić information content (AvgIpc) is 3.60. The van der Waals surface area contributed by atoms with E-state index in [2.05, 4.69) is 0 Å². The second-order valence-electron chi connectivity index (χ2n) is 12.7. The molecule has 2 amide bonds. The first kappa shape index (κ1) is 29.6. The standard InChI is InChI=1S/C41H29Cl2NO3/c1-24-16-20-26(21-17-24)32-33(27-22-18-25(2)19-23-27)41(29-12-7-4-8-13-29)35-34(40(32,39(41)47)28-10-5-3-6-11-28)37(45)44(38(35)46)31-15-9-14-30(42)36(31)43/h3-23,34-35H,1-2H3/t34-,35+,40-,41-/m1/s1. The van der Waals surface area contributed by atoms with Crippen LogP contribution in [0.3, 0.4) is 0 Å². The molecule has 8 rings (SSSR count). The van der Waals surface area contributed by atoms with Crippen LogP contribution < -0.4 is 4.90 Å². The highest BCUT2D eigenvalue weighted by Gasteiger charge is 2.82. The van der Waals surface area contributed by atoms with E-state index in [-0.39, 0.29) is 21.5 Å². The van der Waals surface area contributed by atoms with Crippen LogP contribution in [-0.4, -0.2) is 17.6 Å². The summed E-state index contributed by atoms with van der Waals surface area (Å²) in [5, 5.41) is 0.345. The Balaban J connectivity index is 1.56. The average molecular weight is 655 g/mol. The number of nitrogens with zero attached hydrogens (tertiary/aromatic N) is 1. The lowest BCUT2D eigenvalue weighted by Crippen LogP contribution is -2.45. The Morgan fingerprint density at radius 3 is 1.38 bits per heavy atom. The fraction of sp³-hybridized carbons (Fsp3) is 0.146. The maximum absolute atomic E-state index is 16.0. The van der Waals surface area contributed by atoms with Crippen molar-refractivity contribution in [1.82, 2.24) is 0 Å². The van der Waals surface area contributed by atoms with Gasteiger partial charge in [0.25, 0.3) is 0 Å². The molecule has 2 bridgehead atoms. The van der Waals surface area contributed by atoms with E-state index in [0.29, 0.717) is 11.1 Å². The number of hydrogen-bond donors (Lipinski definition) is 0. The minimum absolute atomic E-state index is 0.113. The fourth-order valence-corrected chi connectivity index (χ4v) is 8.85. The smallest absolute Gasteiger partial charge is 0.239 e. The number of ketones is 1. The van der Waals surface area contributed by atoms with Crippen LogP contribution in [0.25, 0.3) is 11.1 Å². The molecule has 0 aromatic heterocycles. The lowest BCUT2D eigenvalue weighted by Gasteiger charge is -2.39. The van der Waals surface area contributed by atoms with Gasteiger partial charge in [0, 0.05) is 0 Å². The number of fused-ring (bicyclic) bond motifs is 5. The van der Waals surface area contributed by atoms with E-state index in [9.17, 15) is 0 Å². The second-order valence-corrected chi connectivity index (χ2v) is 13.5. The van der Waals surface area contributed by atoms with Crippen molar-refractivity contribution in [3.05, 3.63) is 171 Å². The van der Waals surface area contributed by atoms with Crippen LogP contribution in [0.5, 0.6) is 0 Å². The van der Waals surface area contributed by atoms with Crippen molar-refractivity contribution in [2.75, 3.05) is 4.90 Å². The Bertz CT molecular complexity index is 2010. The van der Waals surface area contributed by atoms with Crippen molar-refractivity contribution in [2.24, 2.45) is 11.8 Å². The summed E-state index contributed by atoms with van der Waals surface area (Å²) in [7, 11) is 0. The molecule has 5 aromatic rings. The molecular weight excluding hydrogens is 625 g/mol. The number of Topliss-reactive ketones (excluding diaryl/α,β-unsaturated/α-hetero) is 1. The normalized spacial score (nSPS) is 24.8. The van der Waals surface area contributed by atoms with Crippen LogP contribution in [-0.2, 0) is 25.2 Å². The fourth-order valence-electron chi connectivity index (χ4n) is 8.47. The van der Waals surface area contributed by atoms with Crippen LogP contribution in [0.4, 0.5) is 5.69 Å². The molecule has 6 heteroatoms. The van der Waals surface area contributed by atoms with Gasteiger partial charge in [0.2, 0.25) is 11.8 Å². The third kappa shape index (κ3) is 3.80. The van der Waals surface area contributed by atoms with Crippen molar-refractivity contribution < 1.29 is 14.4 Å². The van der Waals surface area contributed by atoms with Gasteiger partial charge in [0.05, 0.1) is 38.4 Å². The molecular formula is C41H29Cl2NO3. The van der Waals surface area contributed by atoms with Crippen LogP contribution in [0.15, 0.2) is 127 Å². The van der Waals surface area contributed by atoms with E-state index in [1.165, 1.54) is 4.90 Å². The molecule has 1 aliphatic heterocycles. The minimum atomic E-state index is -1.48. The van der Waals surface area contributed by atoms with Crippen molar-refractivity contribution in [3.8, 4) is 0 Å². The van der Waals surface area contributed by atoms with Gasteiger partial charge in [-0.05, 0) is 59.4 Å². The first-order chi connectivity index (χ1) is 22.7. The van der Waals surface area contributed by atoms with Crippen molar-refractivity contribution in [2.45, 2.75) is 24.7 Å². The van der Waals surface area contributed by atoms with E-state index in [1.807, 2.05) is 123 Å². The number of halogens is 2. The summed E-state index contributed by atoms with van der Waals surface area (Å²) in [5.41, 5.74) is 3.91. The van der Waals surface area contributed by atoms with Gasteiger partial charge < -0.3 is 0 Å². The number of imide groups is 1. The van der Waals surface area contributed by atoms with Crippen molar-refractivity contribution in [1.29, 1.82) is 0 Å². The van der Waals surface area contributed by atoms with Crippen molar-refractivity contribution >= 4 is 57.6 Å². The number of benzene rings is 5. The Hall–Kier alpha value is -4.77. The molecule has 0 spiro atoms. The van der Waals surface area contributed by atoms with E-state index >= 15 is 14.4 Å². The molecule has 2 aliphatic carbocycles. The third-order valence-corrected chi connectivity index (χ3v) is 11.1. The van der Waals surface area contributed by atoms with Crippen molar-refractivity contribution in [3.63, 3.8) is 0 Å². The summed E-state index contributed by atoms with van der Waals surface area (Å²) in [4.78, 5) is 47.3. The zero-order chi connectivity index (χ0) is 32.7. The maximum Gasteiger partial charge on any atom is 0.239 e. The van der Waals surface area contributed by atoms with Gasteiger partial charge in [-0.1, -0.05) is 150 Å². The quantitative estimate of drug-likeness (QED) is 0.178. The Kier molecular flexibility index (Phi) is 6.70. The molecule has 0 radical (unpaired) electrons. The van der Waals surface area contributed by atoms with E-state index in [1.54, 1.807) is 18.2 Å². The molecule has 0 N–H and O–H groups in total. The summed E-state index contributed by atoms with van der Waals surface area (Å²) in [6.45, 7) is 4.04. The number of amides is 2. The SMILES string of the molecule is Cc1ccc(C2=C(c3ccc(C)cc3)[C@@]3(c4ccccc4)C(=O)[C@@]2(c2ccccc2)[C@@H]2C(=O)N(c4cccc(Cl)c4Cl)C(=O)[C@@H]23)cc1. The molecule has 0 unspecified atom stereocenters. The number of aryl methyl sites for hydroxylation is 2. The van der Waals surface area contributed by atoms with E-state index in [4.69, 9.17) is 23.2 Å². The summed E-state index contributed by atoms with van der Waals surface area (Å²) in [6.07, 6.45) is 0. The van der Waals surface area contributed by atoms with Crippen LogP contribution >= 0.6 is 23.2 Å². The molecule has 1 heterocycles. The highest BCUT2D eigenvalue weighted by molar-refractivity contribution is 6.46. The van der Waals surface area contributed by atoms with Gasteiger partial charge in [-0.2, -0.15) is 0 Å². The predicted molar refractivity (Wildman–Crippen MR) is 186 cm³/mol. The molecule has 230 valence electrons. The first-order valence-electron chi connectivity index (χ1n) is 15.6. The summed E-state index contributed by atoms with van der Waals surface area (Å²) < 4.78 is 0. The van der Waals surface area contributed by atoms with E-state index in [0.717, 1.165) is 33.4 Å². The zero-order valence-corrected chi connectivity index (χ0v) is 27.2. The molecule has 1 saturated heterocycles. The second kappa shape index (κ2) is 10.6. The number of rotatable bonds is 5. The number of allylic oxidation sites excluding steroid dienone is 2. The maximum atomic E-state index is 16.0. The number of carbonyl (C=O) groups excluding carboxylic acids is 3. The minimum Gasteiger partial charge on any atom is -0.297 e. The number of hydrogen-bond acceptors (Lipinski definition) is 3. The van der Waals surface area contributed by atoms with Gasteiger partial charge in [-0.3, -0.25) is 14.4 Å². The zero-order valence-electron chi connectivity index (χ0n) is 25.7.